The van der Waals surface area contributed by atoms with Gasteiger partial charge in [-0.15, -0.1) is 0 Å². The lowest BCUT2D eigenvalue weighted by Crippen LogP contribution is -2.29. The van der Waals surface area contributed by atoms with Crippen LogP contribution < -0.4 is 0 Å². The molecule has 0 rings (SSSR count). The molecule has 0 aromatic heterocycles. The molecule has 0 N–H and O–H groups in total. The zero-order chi connectivity index (χ0) is 11.8. The van der Waals surface area contributed by atoms with Crippen molar-refractivity contribution >= 4 is 11.6 Å². The van der Waals surface area contributed by atoms with Crippen molar-refractivity contribution in [3.05, 3.63) is 6.92 Å². The molecule has 2 heteroatoms. The summed E-state index contributed by atoms with van der Waals surface area (Å²) in [5, 5.41) is 0. The molecular formula is C13H23O2. The Hall–Kier alpha value is -0.660. The molecule has 0 heterocycles. The van der Waals surface area contributed by atoms with Crippen molar-refractivity contribution in [1.82, 2.24) is 0 Å². The molecular weight excluding hydrogens is 188 g/mol. The van der Waals surface area contributed by atoms with Gasteiger partial charge in [0.05, 0.1) is 5.92 Å². The largest absolute Gasteiger partial charge is 0.299 e. The summed E-state index contributed by atoms with van der Waals surface area (Å²) in [6.07, 6.45) is 3.42. The topological polar surface area (TPSA) is 34.1 Å². The Morgan fingerprint density at radius 2 is 1.40 bits per heavy atom. The lowest BCUT2D eigenvalue weighted by atomic mass is 9.82. The van der Waals surface area contributed by atoms with Gasteiger partial charge in [0, 0.05) is 12.8 Å². The van der Waals surface area contributed by atoms with E-state index in [0.717, 1.165) is 19.3 Å². The molecule has 2 nitrogen and oxygen atoms in total. The van der Waals surface area contributed by atoms with Crippen LogP contribution in [0.1, 0.15) is 52.9 Å². The summed E-state index contributed by atoms with van der Waals surface area (Å²) in [5.74, 6) is -0.339. The van der Waals surface area contributed by atoms with Crippen LogP contribution in [0.5, 0.6) is 0 Å². The Morgan fingerprint density at radius 3 is 1.67 bits per heavy atom. The van der Waals surface area contributed by atoms with Crippen LogP contribution in [0, 0.1) is 18.8 Å². The number of Topliss-reactive ketones (excluding diaryl/α,β-unsaturated/α-hetero) is 2. The van der Waals surface area contributed by atoms with E-state index in [0.29, 0.717) is 12.8 Å². The first-order valence-electron chi connectivity index (χ1n) is 5.96. The first kappa shape index (κ1) is 14.3. The summed E-state index contributed by atoms with van der Waals surface area (Å²) >= 11 is 0. The van der Waals surface area contributed by atoms with Crippen LogP contribution in [0.15, 0.2) is 0 Å². The summed E-state index contributed by atoms with van der Waals surface area (Å²) in [4.78, 5) is 23.6. The van der Waals surface area contributed by atoms with Crippen molar-refractivity contribution < 1.29 is 9.59 Å². The minimum Gasteiger partial charge on any atom is -0.299 e. The van der Waals surface area contributed by atoms with E-state index in [9.17, 15) is 9.59 Å². The lowest BCUT2D eigenvalue weighted by Gasteiger charge is -2.20. The van der Waals surface area contributed by atoms with E-state index in [1.54, 1.807) is 0 Å². The van der Waals surface area contributed by atoms with Gasteiger partial charge in [-0.1, -0.05) is 27.2 Å². The normalized spacial score (nSPS) is 12.9. The zero-order valence-corrected chi connectivity index (χ0v) is 10.2. The fourth-order valence-electron chi connectivity index (χ4n) is 1.74. The maximum absolute atomic E-state index is 11.8. The summed E-state index contributed by atoms with van der Waals surface area (Å²) in [6, 6.07) is 0. The predicted octanol–water partition coefficient (Wildman–Crippen LogP) is 3.20. The average molecular weight is 211 g/mol. The molecule has 0 spiro atoms. The van der Waals surface area contributed by atoms with Gasteiger partial charge in [-0.05, 0) is 25.7 Å². The SMILES string of the molecule is [CH2]C(CC)C(C(=O)CCC)C(=O)CCC. The molecule has 87 valence electrons. The molecule has 0 fully saturated rings. The molecule has 0 amide bonds. The van der Waals surface area contributed by atoms with Crippen LogP contribution in [0.2, 0.25) is 0 Å². The highest BCUT2D eigenvalue weighted by Crippen LogP contribution is 2.21. The van der Waals surface area contributed by atoms with Gasteiger partial charge in [-0.3, -0.25) is 9.59 Å². The first-order chi connectivity index (χ1) is 7.08. The van der Waals surface area contributed by atoms with E-state index in [4.69, 9.17) is 0 Å². The second-order valence-corrected chi connectivity index (χ2v) is 4.08. The molecule has 15 heavy (non-hydrogen) atoms. The molecule has 1 unspecified atom stereocenters. The molecule has 0 saturated heterocycles. The minimum absolute atomic E-state index is 0.0527. The molecule has 0 aliphatic carbocycles. The van der Waals surface area contributed by atoms with Gasteiger partial charge in [0.2, 0.25) is 0 Å². The third-order valence-corrected chi connectivity index (χ3v) is 2.68. The van der Waals surface area contributed by atoms with Gasteiger partial charge < -0.3 is 0 Å². The number of carbonyl (C=O) groups is 2. The molecule has 0 aromatic carbocycles. The quantitative estimate of drug-likeness (QED) is 0.578. The third-order valence-electron chi connectivity index (χ3n) is 2.68. The summed E-state index contributed by atoms with van der Waals surface area (Å²) in [7, 11) is 0. The number of carbonyl (C=O) groups excluding carboxylic acids is 2. The molecule has 1 radical (unpaired) electrons. The highest BCUT2D eigenvalue weighted by molar-refractivity contribution is 6.02. The predicted molar refractivity (Wildman–Crippen MR) is 62.5 cm³/mol. The van der Waals surface area contributed by atoms with Crippen molar-refractivity contribution in [2.45, 2.75) is 52.9 Å². The maximum atomic E-state index is 11.8. The van der Waals surface area contributed by atoms with Crippen LogP contribution in [-0.4, -0.2) is 11.6 Å². The Kier molecular flexibility index (Phi) is 7.27. The second-order valence-electron chi connectivity index (χ2n) is 4.08. The van der Waals surface area contributed by atoms with Gasteiger partial charge >= 0.3 is 0 Å². The van der Waals surface area contributed by atoms with Crippen molar-refractivity contribution in [1.29, 1.82) is 0 Å². The Morgan fingerprint density at radius 1 is 1.00 bits per heavy atom. The summed E-state index contributed by atoms with van der Waals surface area (Å²) in [5.41, 5.74) is 0. The smallest absolute Gasteiger partial charge is 0.143 e. The maximum Gasteiger partial charge on any atom is 0.143 e. The minimum atomic E-state index is -0.449. The number of hydrogen-bond acceptors (Lipinski definition) is 2. The van der Waals surface area contributed by atoms with Gasteiger partial charge in [0.15, 0.2) is 0 Å². The van der Waals surface area contributed by atoms with Crippen molar-refractivity contribution in [2.24, 2.45) is 11.8 Å². The van der Waals surface area contributed by atoms with Crippen LogP contribution in [0.25, 0.3) is 0 Å². The van der Waals surface area contributed by atoms with Crippen LogP contribution in [0.3, 0.4) is 0 Å². The van der Waals surface area contributed by atoms with Crippen molar-refractivity contribution in [3.63, 3.8) is 0 Å². The third kappa shape index (κ3) is 4.59. The molecule has 0 bridgehead atoms. The Bertz CT molecular complexity index is 191. The second kappa shape index (κ2) is 7.61. The average Bonchev–Trinajstić information content (AvgIpc) is 2.18. The molecule has 0 aromatic rings. The highest BCUT2D eigenvalue weighted by atomic mass is 16.1. The monoisotopic (exact) mass is 211 g/mol. The molecule has 1 atom stereocenters. The Balaban J connectivity index is 4.56. The fraction of sp³-hybridized carbons (Fsp3) is 0.769. The van der Waals surface area contributed by atoms with Crippen LogP contribution >= 0.6 is 0 Å². The Labute approximate surface area is 93.4 Å². The van der Waals surface area contributed by atoms with Crippen molar-refractivity contribution in [3.8, 4) is 0 Å². The van der Waals surface area contributed by atoms with Gasteiger partial charge in [0.25, 0.3) is 0 Å². The zero-order valence-electron chi connectivity index (χ0n) is 10.2. The molecule has 0 aliphatic heterocycles. The number of rotatable bonds is 8. The van der Waals surface area contributed by atoms with E-state index in [2.05, 4.69) is 6.92 Å². The van der Waals surface area contributed by atoms with Gasteiger partial charge in [-0.2, -0.15) is 0 Å². The number of ketones is 2. The van der Waals surface area contributed by atoms with E-state index >= 15 is 0 Å². The fourth-order valence-corrected chi connectivity index (χ4v) is 1.74. The first-order valence-corrected chi connectivity index (χ1v) is 5.96. The van der Waals surface area contributed by atoms with E-state index in [-0.39, 0.29) is 17.5 Å². The van der Waals surface area contributed by atoms with Crippen molar-refractivity contribution in [2.75, 3.05) is 0 Å². The summed E-state index contributed by atoms with van der Waals surface area (Å²) in [6.45, 7) is 9.82. The van der Waals surface area contributed by atoms with Crippen LogP contribution in [-0.2, 0) is 9.59 Å². The van der Waals surface area contributed by atoms with E-state index < -0.39 is 5.92 Å². The molecule has 0 saturated carbocycles. The van der Waals surface area contributed by atoms with E-state index in [1.807, 2.05) is 20.8 Å². The van der Waals surface area contributed by atoms with Gasteiger partial charge in [0.1, 0.15) is 11.6 Å². The highest BCUT2D eigenvalue weighted by Gasteiger charge is 2.29. The standard InChI is InChI=1S/C13H23O2/c1-5-8-11(14)13(10(4)7-3)12(15)9-6-2/h10,13H,4-9H2,1-3H3. The van der Waals surface area contributed by atoms with Crippen LogP contribution in [0.4, 0.5) is 0 Å². The molecule has 0 aliphatic rings. The van der Waals surface area contributed by atoms with Gasteiger partial charge in [-0.25, -0.2) is 0 Å². The number of hydrogen-bond donors (Lipinski definition) is 0. The lowest BCUT2D eigenvalue weighted by molar-refractivity contribution is -0.134. The summed E-state index contributed by atoms with van der Waals surface area (Å²) < 4.78 is 0. The van der Waals surface area contributed by atoms with E-state index in [1.165, 1.54) is 0 Å².